The van der Waals surface area contributed by atoms with Crippen LogP contribution in [-0.4, -0.2) is 37.4 Å². The van der Waals surface area contributed by atoms with E-state index in [-0.39, 0.29) is 37.1 Å². The van der Waals surface area contributed by atoms with Crippen LogP contribution >= 0.6 is 11.6 Å². The smallest absolute Gasteiger partial charge is 0.232 e. The monoisotopic (exact) mass is 522 g/mol. The fourth-order valence-electron chi connectivity index (χ4n) is 4.70. The summed E-state index contributed by atoms with van der Waals surface area (Å²) in [6, 6.07) is 19.3. The van der Waals surface area contributed by atoms with Crippen molar-refractivity contribution in [2.24, 2.45) is 0 Å². The number of methoxy groups -OCH3 is 1. The molecule has 0 radical (unpaired) electrons. The summed E-state index contributed by atoms with van der Waals surface area (Å²) in [6.45, 7) is 6.77. The van der Waals surface area contributed by atoms with Gasteiger partial charge >= 0.3 is 0 Å². The summed E-state index contributed by atoms with van der Waals surface area (Å²) in [5.41, 5.74) is 4.78. The Hall–Kier alpha value is -3.06. The molecule has 4 rings (SSSR count). The Morgan fingerprint density at radius 1 is 1.08 bits per heavy atom. The highest BCUT2D eigenvalue weighted by molar-refractivity contribution is 6.30. The van der Waals surface area contributed by atoms with Crippen molar-refractivity contribution >= 4 is 23.2 Å². The molecule has 2 unspecified atom stereocenters. The number of carbonyl (C=O) groups is 1. The van der Waals surface area contributed by atoms with Gasteiger partial charge in [0.1, 0.15) is 0 Å². The van der Waals surface area contributed by atoms with Crippen LogP contribution in [0.4, 0.5) is 5.69 Å². The number of fused-ring (bicyclic) bond motifs is 1. The van der Waals surface area contributed by atoms with Crippen LogP contribution < -0.4 is 19.7 Å². The van der Waals surface area contributed by atoms with Crippen molar-refractivity contribution in [1.29, 1.82) is 0 Å². The van der Waals surface area contributed by atoms with Crippen LogP contribution in [0.2, 0.25) is 5.02 Å². The number of halogens is 1. The van der Waals surface area contributed by atoms with Crippen LogP contribution in [-0.2, 0) is 11.2 Å². The van der Waals surface area contributed by atoms with Gasteiger partial charge in [-0.3, -0.25) is 4.79 Å². The van der Waals surface area contributed by atoms with E-state index < -0.39 is 0 Å². The molecule has 0 saturated carbocycles. The van der Waals surface area contributed by atoms with Crippen molar-refractivity contribution in [2.75, 3.05) is 25.2 Å². The Labute approximate surface area is 224 Å². The summed E-state index contributed by atoms with van der Waals surface area (Å²) in [5, 5.41) is 13.0. The number of amides is 1. The van der Waals surface area contributed by atoms with Gasteiger partial charge in [-0.25, -0.2) is 0 Å². The number of carbonyl (C=O) groups excluding carboxylic acids is 1. The van der Waals surface area contributed by atoms with Gasteiger partial charge in [0.15, 0.2) is 11.5 Å². The van der Waals surface area contributed by atoms with Crippen molar-refractivity contribution in [3.05, 3.63) is 87.9 Å². The van der Waals surface area contributed by atoms with Gasteiger partial charge in [0.2, 0.25) is 5.91 Å². The highest BCUT2D eigenvalue weighted by Crippen LogP contribution is 2.44. The number of aliphatic hydroxyl groups is 1. The topological polar surface area (TPSA) is 71.0 Å². The first-order valence-corrected chi connectivity index (χ1v) is 13.1. The molecule has 3 atom stereocenters. The quantitative estimate of drug-likeness (QED) is 0.349. The van der Waals surface area contributed by atoms with Crippen LogP contribution in [0.5, 0.6) is 11.5 Å². The third-order valence-corrected chi connectivity index (χ3v) is 7.16. The number of nitrogens with zero attached hydrogens (tertiary/aromatic N) is 1. The van der Waals surface area contributed by atoms with Gasteiger partial charge < -0.3 is 24.8 Å². The lowest BCUT2D eigenvalue weighted by Crippen LogP contribution is -2.41. The van der Waals surface area contributed by atoms with Crippen molar-refractivity contribution < 1.29 is 19.4 Å². The van der Waals surface area contributed by atoms with Gasteiger partial charge in [0, 0.05) is 23.3 Å². The Kier molecular flexibility index (Phi) is 8.75. The summed E-state index contributed by atoms with van der Waals surface area (Å²) in [7, 11) is 1.62. The predicted molar refractivity (Wildman–Crippen MR) is 148 cm³/mol. The first kappa shape index (κ1) is 27.0. The zero-order valence-corrected chi connectivity index (χ0v) is 22.6. The Balaban J connectivity index is 1.80. The van der Waals surface area contributed by atoms with E-state index in [2.05, 4.69) is 19.2 Å². The molecule has 2 N–H and O–H groups in total. The maximum Gasteiger partial charge on any atom is 0.232 e. The first-order valence-electron chi connectivity index (χ1n) is 12.7. The number of benzene rings is 3. The lowest BCUT2D eigenvalue weighted by Gasteiger charge is -2.38. The minimum absolute atomic E-state index is 0.00398. The molecule has 1 heterocycles. The minimum Gasteiger partial charge on any atom is -0.493 e. The lowest BCUT2D eigenvalue weighted by atomic mass is 9.86. The number of hydrogen-bond donors (Lipinski definition) is 2. The molecular formula is C30H35ClN2O4. The molecule has 3 aromatic rings. The zero-order chi connectivity index (χ0) is 26.5. The third-order valence-electron chi connectivity index (χ3n) is 6.91. The molecule has 0 aromatic heterocycles. The van der Waals surface area contributed by atoms with E-state index in [4.69, 9.17) is 26.2 Å². The SMILES string of the molecule is CC[C@@H](C)Oc1cc2c(cc1OC)CC(=O)N(c1ccc(C(C)NCCO)cc1)C2c1ccc(Cl)cc1. The lowest BCUT2D eigenvalue weighted by molar-refractivity contribution is -0.118. The molecule has 37 heavy (non-hydrogen) atoms. The number of ether oxygens (including phenoxy) is 2. The third kappa shape index (κ3) is 5.93. The number of hydrogen-bond acceptors (Lipinski definition) is 5. The molecule has 0 aliphatic carbocycles. The van der Waals surface area contributed by atoms with E-state index in [1.54, 1.807) is 7.11 Å². The fourth-order valence-corrected chi connectivity index (χ4v) is 4.82. The van der Waals surface area contributed by atoms with Crippen molar-refractivity contribution in [3.63, 3.8) is 0 Å². The Morgan fingerprint density at radius 2 is 1.78 bits per heavy atom. The number of aliphatic hydroxyl groups excluding tert-OH is 1. The zero-order valence-electron chi connectivity index (χ0n) is 21.8. The average Bonchev–Trinajstić information content (AvgIpc) is 2.91. The van der Waals surface area contributed by atoms with E-state index in [1.165, 1.54) is 0 Å². The van der Waals surface area contributed by atoms with E-state index in [9.17, 15) is 4.79 Å². The molecule has 0 fully saturated rings. The summed E-state index contributed by atoms with van der Waals surface area (Å²) in [6.07, 6.45) is 1.15. The van der Waals surface area contributed by atoms with Gasteiger partial charge in [-0.15, -0.1) is 0 Å². The molecule has 1 aliphatic heterocycles. The maximum atomic E-state index is 13.7. The van der Waals surface area contributed by atoms with Gasteiger partial charge in [-0.1, -0.05) is 42.8 Å². The molecular weight excluding hydrogens is 488 g/mol. The molecule has 7 heteroatoms. The Morgan fingerprint density at radius 3 is 2.41 bits per heavy atom. The highest BCUT2D eigenvalue weighted by atomic mass is 35.5. The van der Waals surface area contributed by atoms with E-state index in [0.29, 0.717) is 23.1 Å². The summed E-state index contributed by atoms with van der Waals surface area (Å²) in [4.78, 5) is 15.5. The van der Waals surface area contributed by atoms with E-state index in [0.717, 1.165) is 34.4 Å². The predicted octanol–water partition coefficient (Wildman–Crippen LogP) is 5.85. The molecule has 1 aliphatic rings. The molecule has 3 aromatic carbocycles. The average molecular weight is 523 g/mol. The van der Waals surface area contributed by atoms with Crippen LogP contribution in [0.1, 0.15) is 61.5 Å². The molecule has 6 nitrogen and oxygen atoms in total. The molecule has 0 bridgehead atoms. The minimum atomic E-state index is -0.352. The second-order valence-electron chi connectivity index (χ2n) is 9.42. The first-order chi connectivity index (χ1) is 17.9. The summed E-state index contributed by atoms with van der Waals surface area (Å²) in [5.74, 6) is 1.30. The van der Waals surface area contributed by atoms with Gasteiger partial charge in [0.25, 0.3) is 0 Å². The highest BCUT2D eigenvalue weighted by Gasteiger charge is 2.36. The van der Waals surface area contributed by atoms with Crippen molar-refractivity contribution in [3.8, 4) is 11.5 Å². The van der Waals surface area contributed by atoms with Crippen LogP contribution in [0.25, 0.3) is 0 Å². The Bertz CT molecular complexity index is 1210. The van der Waals surface area contributed by atoms with Crippen LogP contribution in [0, 0.1) is 0 Å². The maximum absolute atomic E-state index is 13.7. The van der Waals surface area contributed by atoms with Gasteiger partial charge in [0.05, 0.1) is 32.3 Å². The van der Waals surface area contributed by atoms with Gasteiger partial charge in [-0.2, -0.15) is 0 Å². The fraction of sp³-hybridized carbons (Fsp3) is 0.367. The molecule has 1 amide bonds. The van der Waals surface area contributed by atoms with Crippen LogP contribution in [0.15, 0.2) is 60.7 Å². The van der Waals surface area contributed by atoms with Crippen LogP contribution in [0.3, 0.4) is 0 Å². The van der Waals surface area contributed by atoms with E-state index >= 15 is 0 Å². The van der Waals surface area contributed by atoms with Gasteiger partial charge in [-0.05, 0) is 78.9 Å². The standard InChI is InChI=1S/C30H35ClN2O4/c1-5-19(2)37-28-18-26-23(16-27(28)36-4)17-29(35)33(30(26)22-6-10-24(31)11-7-22)25-12-8-21(9-13-25)20(3)32-14-15-34/h6-13,16,18-20,30,32,34H,5,14-15,17H2,1-4H3/t19-,20?,30?/m1/s1. The second-order valence-corrected chi connectivity index (χ2v) is 9.86. The van der Waals surface area contributed by atoms with E-state index in [1.807, 2.05) is 72.5 Å². The number of rotatable bonds is 10. The summed E-state index contributed by atoms with van der Waals surface area (Å²) >= 11 is 6.22. The normalized spacial score (nSPS) is 16.8. The number of anilines is 1. The molecule has 196 valence electrons. The van der Waals surface area contributed by atoms with Crippen molar-refractivity contribution in [2.45, 2.75) is 51.8 Å². The largest absolute Gasteiger partial charge is 0.493 e. The summed E-state index contributed by atoms with van der Waals surface area (Å²) < 4.78 is 11.9. The molecule has 0 saturated heterocycles. The second kappa shape index (κ2) is 12.0. The van der Waals surface area contributed by atoms with Crippen molar-refractivity contribution in [1.82, 2.24) is 5.32 Å². The number of nitrogens with one attached hydrogen (secondary N) is 1. The molecule has 0 spiro atoms.